The predicted octanol–water partition coefficient (Wildman–Crippen LogP) is 8.08. The number of hydrogen-bond acceptors (Lipinski definition) is 3. The van der Waals surface area contributed by atoms with Crippen molar-refractivity contribution in [3.8, 4) is 22.6 Å². The van der Waals surface area contributed by atoms with Crippen LogP contribution in [0.25, 0.3) is 21.9 Å². The molecular formula is C31H41NO2. The van der Waals surface area contributed by atoms with Gasteiger partial charge < -0.3 is 15.2 Å². The summed E-state index contributed by atoms with van der Waals surface area (Å²) in [5.74, 6) is 2.63. The van der Waals surface area contributed by atoms with Crippen LogP contribution in [0, 0.1) is 11.3 Å². The molecule has 0 atom stereocenters. The molecule has 3 nitrogen and oxygen atoms in total. The molecule has 3 aromatic rings. The van der Waals surface area contributed by atoms with Crippen molar-refractivity contribution in [2.75, 3.05) is 6.61 Å². The molecule has 1 saturated carbocycles. The topological polar surface area (TPSA) is 44.5 Å². The standard InChI is InChI=1S/C31H41NO2/c1-7-33-25-14-8-21(9-15-25)29-27-18-13-24(31(5,6)32)20-22(27)10-19-28(29)34-26-16-11-23(12-17-26)30(2,3)4/h8-10,13-15,18-20,23,26H,7,11-12,16-17,32H2,1-6H3/t23-,26-. The van der Waals surface area contributed by atoms with Crippen LogP contribution in [0.3, 0.4) is 0 Å². The van der Waals surface area contributed by atoms with Crippen LogP contribution in [-0.2, 0) is 5.54 Å². The first-order chi connectivity index (χ1) is 16.1. The number of benzene rings is 3. The summed E-state index contributed by atoms with van der Waals surface area (Å²) < 4.78 is 12.4. The van der Waals surface area contributed by atoms with Gasteiger partial charge in [-0.3, -0.25) is 0 Å². The molecule has 34 heavy (non-hydrogen) atoms. The second-order valence-corrected chi connectivity index (χ2v) is 11.5. The van der Waals surface area contributed by atoms with E-state index in [0.717, 1.165) is 46.9 Å². The maximum absolute atomic E-state index is 6.73. The van der Waals surface area contributed by atoms with Gasteiger partial charge >= 0.3 is 0 Å². The first kappa shape index (κ1) is 24.6. The van der Waals surface area contributed by atoms with Gasteiger partial charge in [0.25, 0.3) is 0 Å². The quantitative estimate of drug-likeness (QED) is 0.405. The third-order valence-electron chi connectivity index (χ3n) is 7.37. The van der Waals surface area contributed by atoms with E-state index in [4.69, 9.17) is 15.2 Å². The lowest BCUT2D eigenvalue weighted by Crippen LogP contribution is -2.30. The minimum Gasteiger partial charge on any atom is -0.494 e. The van der Waals surface area contributed by atoms with Gasteiger partial charge in [-0.25, -0.2) is 0 Å². The molecule has 3 heteroatoms. The summed E-state index contributed by atoms with van der Waals surface area (Å²) in [5, 5.41) is 2.38. The Hall–Kier alpha value is -2.52. The van der Waals surface area contributed by atoms with Gasteiger partial charge in [0.2, 0.25) is 0 Å². The summed E-state index contributed by atoms with van der Waals surface area (Å²) in [7, 11) is 0. The highest BCUT2D eigenvalue weighted by Crippen LogP contribution is 2.42. The van der Waals surface area contributed by atoms with Crippen molar-refractivity contribution in [1.29, 1.82) is 0 Å². The maximum atomic E-state index is 6.73. The molecule has 1 fully saturated rings. The van der Waals surface area contributed by atoms with Crippen LogP contribution < -0.4 is 15.2 Å². The molecule has 0 saturated heterocycles. The Balaban J connectivity index is 1.71. The maximum Gasteiger partial charge on any atom is 0.128 e. The highest BCUT2D eigenvalue weighted by atomic mass is 16.5. The molecular weight excluding hydrogens is 418 g/mol. The van der Waals surface area contributed by atoms with Crippen molar-refractivity contribution in [2.45, 2.75) is 78.9 Å². The lowest BCUT2D eigenvalue weighted by Gasteiger charge is -2.37. The van der Waals surface area contributed by atoms with Crippen LogP contribution >= 0.6 is 0 Å². The molecule has 182 valence electrons. The molecule has 1 aliphatic carbocycles. The van der Waals surface area contributed by atoms with Crippen LogP contribution in [0.15, 0.2) is 54.6 Å². The Bertz CT molecular complexity index is 1110. The van der Waals surface area contributed by atoms with E-state index < -0.39 is 0 Å². The largest absolute Gasteiger partial charge is 0.494 e. The van der Waals surface area contributed by atoms with Crippen LogP contribution in [0.2, 0.25) is 0 Å². The van der Waals surface area contributed by atoms with Gasteiger partial charge in [0, 0.05) is 11.1 Å². The molecule has 0 bridgehead atoms. The molecule has 4 rings (SSSR count). The SMILES string of the molecule is CCOc1ccc(-c2c(O[C@H]3CC[C@H](C(C)(C)C)CC3)ccc3cc(C(C)(C)N)ccc23)cc1. The van der Waals surface area contributed by atoms with E-state index in [2.05, 4.69) is 63.2 Å². The number of nitrogens with two attached hydrogens (primary N) is 1. The molecule has 3 aromatic carbocycles. The smallest absolute Gasteiger partial charge is 0.128 e. The van der Waals surface area contributed by atoms with Gasteiger partial charge in [0.05, 0.1) is 12.7 Å². The minimum absolute atomic E-state index is 0.264. The average molecular weight is 460 g/mol. The van der Waals surface area contributed by atoms with E-state index in [-0.39, 0.29) is 11.6 Å². The average Bonchev–Trinajstić information content (AvgIpc) is 2.79. The Morgan fingerprint density at radius 2 is 1.53 bits per heavy atom. The minimum atomic E-state index is -0.381. The second-order valence-electron chi connectivity index (χ2n) is 11.5. The molecule has 1 aliphatic rings. The van der Waals surface area contributed by atoms with E-state index in [1.165, 1.54) is 23.6 Å². The van der Waals surface area contributed by atoms with E-state index in [1.807, 2.05) is 32.9 Å². The Labute approximate surface area is 205 Å². The van der Waals surface area contributed by atoms with Gasteiger partial charge in [-0.05, 0) is 104 Å². The molecule has 0 heterocycles. The molecule has 0 aliphatic heterocycles. The fourth-order valence-electron chi connectivity index (χ4n) is 5.22. The van der Waals surface area contributed by atoms with E-state index in [1.54, 1.807) is 0 Å². The van der Waals surface area contributed by atoms with Gasteiger partial charge in [0.15, 0.2) is 0 Å². The molecule has 0 radical (unpaired) electrons. The third kappa shape index (κ3) is 5.41. The number of ether oxygens (including phenoxy) is 2. The summed E-state index contributed by atoms with van der Waals surface area (Å²) in [6.45, 7) is 13.9. The second kappa shape index (κ2) is 9.62. The van der Waals surface area contributed by atoms with Crippen LogP contribution in [0.1, 0.15) is 72.8 Å². The zero-order valence-corrected chi connectivity index (χ0v) is 21.8. The summed E-state index contributed by atoms with van der Waals surface area (Å²) in [5.41, 5.74) is 9.82. The molecule has 0 aromatic heterocycles. The lowest BCUT2D eigenvalue weighted by atomic mass is 9.72. The van der Waals surface area contributed by atoms with E-state index >= 15 is 0 Å². The first-order valence-corrected chi connectivity index (χ1v) is 12.8. The monoisotopic (exact) mass is 459 g/mol. The van der Waals surface area contributed by atoms with Crippen molar-refractivity contribution in [3.63, 3.8) is 0 Å². The van der Waals surface area contributed by atoms with Crippen molar-refractivity contribution in [1.82, 2.24) is 0 Å². The van der Waals surface area contributed by atoms with Crippen LogP contribution in [0.5, 0.6) is 11.5 Å². The summed E-state index contributed by atoms with van der Waals surface area (Å²) in [6, 6.07) is 19.3. The molecule has 0 unspecified atom stereocenters. The predicted molar refractivity (Wildman–Crippen MR) is 144 cm³/mol. The zero-order chi connectivity index (χ0) is 24.5. The highest BCUT2D eigenvalue weighted by molar-refractivity contribution is 6.00. The lowest BCUT2D eigenvalue weighted by molar-refractivity contribution is 0.0887. The van der Waals surface area contributed by atoms with Gasteiger partial charge in [-0.15, -0.1) is 0 Å². The highest BCUT2D eigenvalue weighted by Gasteiger charge is 2.31. The summed E-state index contributed by atoms with van der Waals surface area (Å²) >= 11 is 0. The normalized spacial score (nSPS) is 19.3. The Morgan fingerprint density at radius 1 is 0.853 bits per heavy atom. The molecule has 0 spiro atoms. The first-order valence-electron chi connectivity index (χ1n) is 12.8. The van der Waals surface area contributed by atoms with Crippen molar-refractivity contribution < 1.29 is 9.47 Å². The third-order valence-corrected chi connectivity index (χ3v) is 7.37. The van der Waals surface area contributed by atoms with Crippen molar-refractivity contribution in [2.24, 2.45) is 17.1 Å². The van der Waals surface area contributed by atoms with Crippen molar-refractivity contribution >= 4 is 10.8 Å². The zero-order valence-electron chi connectivity index (χ0n) is 21.8. The van der Waals surface area contributed by atoms with E-state index in [9.17, 15) is 0 Å². The fourth-order valence-corrected chi connectivity index (χ4v) is 5.22. The number of rotatable bonds is 6. The van der Waals surface area contributed by atoms with Crippen molar-refractivity contribution in [3.05, 3.63) is 60.2 Å². The molecule has 0 amide bonds. The van der Waals surface area contributed by atoms with Gasteiger partial charge in [-0.2, -0.15) is 0 Å². The number of fused-ring (bicyclic) bond motifs is 1. The van der Waals surface area contributed by atoms with Gasteiger partial charge in [0.1, 0.15) is 11.5 Å². The Kier molecular flexibility index (Phi) is 6.96. The summed E-state index contributed by atoms with van der Waals surface area (Å²) in [4.78, 5) is 0. The summed E-state index contributed by atoms with van der Waals surface area (Å²) in [6.07, 6.45) is 4.95. The number of hydrogen-bond donors (Lipinski definition) is 1. The van der Waals surface area contributed by atoms with E-state index in [0.29, 0.717) is 12.0 Å². The molecule has 2 N–H and O–H groups in total. The Morgan fingerprint density at radius 3 is 2.12 bits per heavy atom. The fraction of sp³-hybridized carbons (Fsp3) is 0.484. The van der Waals surface area contributed by atoms with Crippen LogP contribution in [0.4, 0.5) is 0 Å². The van der Waals surface area contributed by atoms with Gasteiger partial charge in [-0.1, -0.05) is 51.1 Å². The van der Waals surface area contributed by atoms with Crippen LogP contribution in [-0.4, -0.2) is 12.7 Å².